The molecule has 0 fully saturated rings. The maximum absolute atomic E-state index is 12.0. The average Bonchev–Trinajstić information content (AvgIpc) is 2.56. The van der Waals surface area contributed by atoms with E-state index < -0.39 is 0 Å². The van der Waals surface area contributed by atoms with Gasteiger partial charge in [-0.2, -0.15) is 0 Å². The molecule has 2 rings (SSSR count). The van der Waals surface area contributed by atoms with Gasteiger partial charge in [0.15, 0.2) is 5.78 Å². The summed E-state index contributed by atoms with van der Waals surface area (Å²) in [6.07, 6.45) is 6.20. The standard InChI is InChI=1S/C14H21NO/c1-4-5-7-15-8-6-11-12(15)9-14(2,3)10-13(11)16/h6,8H,4-5,7,9-10H2,1-3H3. The quantitative estimate of drug-likeness (QED) is 0.763. The number of carbonyl (C=O) groups is 1. The number of carbonyl (C=O) groups excluding carboxylic acids is 1. The van der Waals surface area contributed by atoms with Crippen LogP contribution in [0.4, 0.5) is 0 Å². The number of unbranched alkanes of at least 4 members (excludes halogenated alkanes) is 1. The fraction of sp³-hybridized carbons (Fsp3) is 0.643. The molecule has 0 aromatic carbocycles. The third-order valence-corrected chi connectivity index (χ3v) is 3.42. The summed E-state index contributed by atoms with van der Waals surface area (Å²) in [5.41, 5.74) is 2.36. The van der Waals surface area contributed by atoms with Crippen LogP contribution in [0.2, 0.25) is 0 Å². The topological polar surface area (TPSA) is 22.0 Å². The first-order valence-electron chi connectivity index (χ1n) is 6.25. The molecule has 1 aliphatic carbocycles. The number of hydrogen-bond donors (Lipinski definition) is 0. The van der Waals surface area contributed by atoms with E-state index >= 15 is 0 Å². The third-order valence-electron chi connectivity index (χ3n) is 3.42. The zero-order valence-electron chi connectivity index (χ0n) is 10.5. The Morgan fingerprint density at radius 3 is 2.81 bits per heavy atom. The second kappa shape index (κ2) is 4.08. The molecular weight excluding hydrogens is 198 g/mol. The average molecular weight is 219 g/mol. The molecule has 2 nitrogen and oxygen atoms in total. The number of nitrogens with zero attached hydrogens (tertiary/aromatic N) is 1. The van der Waals surface area contributed by atoms with Gasteiger partial charge in [-0.25, -0.2) is 0 Å². The minimum absolute atomic E-state index is 0.131. The molecule has 0 saturated carbocycles. The van der Waals surface area contributed by atoms with Crippen molar-refractivity contribution in [3.05, 3.63) is 23.5 Å². The van der Waals surface area contributed by atoms with E-state index in [1.807, 2.05) is 6.07 Å². The van der Waals surface area contributed by atoms with Gasteiger partial charge in [-0.1, -0.05) is 27.2 Å². The first-order chi connectivity index (χ1) is 7.53. The smallest absolute Gasteiger partial charge is 0.165 e. The van der Waals surface area contributed by atoms with Crippen LogP contribution in [-0.4, -0.2) is 10.4 Å². The second-order valence-electron chi connectivity index (χ2n) is 5.66. The molecule has 16 heavy (non-hydrogen) atoms. The molecule has 0 N–H and O–H groups in total. The molecular formula is C14H21NO. The highest BCUT2D eigenvalue weighted by Gasteiger charge is 2.32. The lowest BCUT2D eigenvalue weighted by Gasteiger charge is -2.29. The molecule has 0 atom stereocenters. The number of aromatic nitrogens is 1. The SMILES string of the molecule is CCCCn1ccc2c1CC(C)(C)CC2=O. The van der Waals surface area contributed by atoms with Gasteiger partial charge in [0, 0.05) is 30.4 Å². The van der Waals surface area contributed by atoms with Crippen molar-refractivity contribution >= 4 is 5.78 Å². The van der Waals surface area contributed by atoms with E-state index in [9.17, 15) is 4.79 Å². The Bertz CT molecular complexity index is 401. The lowest BCUT2D eigenvalue weighted by Crippen LogP contribution is -2.28. The molecule has 0 unspecified atom stereocenters. The number of Topliss-reactive ketones (excluding diaryl/α,β-unsaturated/α-hetero) is 1. The fourth-order valence-electron chi connectivity index (χ4n) is 2.54. The van der Waals surface area contributed by atoms with Gasteiger partial charge >= 0.3 is 0 Å². The van der Waals surface area contributed by atoms with E-state index in [-0.39, 0.29) is 5.41 Å². The molecule has 0 radical (unpaired) electrons. The summed E-state index contributed by atoms with van der Waals surface area (Å²) in [4.78, 5) is 12.0. The summed E-state index contributed by atoms with van der Waals surface area (Å²) < 4.78 is 2.28. The largest absolute Gasteiger partial charge is 0.351 e. The van der Waals surface area contributed by atoms with Crippen molar-refractivity contribution in [3.8, 4) is 0 Å². The van der Waals surface area contributed by atoms with Crippen molar-refractivity contribution in [2.24, 2.45) is 5.41 Å². The van der Waals surface area contributed by atoms with Crippen LogP contribution in [0.5, 0.6) is 0 Å². The zero-order valence-corrected chi connectivity index (χ0v) is 10.5. The third kappa shape index (κ3) is 2.06. The molecule has 1 heterocycles. The Morgan fingerprint density at radius 1 is 1.38 bits per heavy atom. The van der Waals surface area contributed by atoms with Gasteiger partial charge in [0.05, 0.1) is 0 Å². The predicted molar refractivity (Wildman–Crippen MR) is 65.8 cm³/mol. The summed E-state index contributed by atoms with van der Waals surface area (Å²) in [6.45, 7) is 7.62. The first-order valence-corrected chi connectivity index (χ1v) is 6.25. The molecule has 0 aliphatic heterocycles. The summed E-state index contributed by atoms with van der Waals surface area (Å²) in [5.74, 6) is 0.321. The minimum Gasteiger partial charge on any atom is -0.351 e. The fourth-order valence-corrected chi connectivity index (χ4v) is 2.54. The summed E-state index contributed by atoms with van der Waals surface area (Å²) >= 11 is 0. The molecule has 0 saturated heterocycles. The van der Waals surface area contributed by atoms with Gasteiger partial charge in [0.2, 0.25) is 0 Å². The van der Waals surface area contributed by atoms with Crippen LogP contribution in [-0.2, 0) is 13.0 Å². The number of rotatable bonds is 3. The van der Waals surface area contributed by atoms with E-state index in [1.54, 1.807) is 0 Å². The highest BCUT2D eigenvalue weighted by molar-refractivity contribution is 5.98. The lowest BCUT2D eigenvalue weighted by atomic mass is 9.76. The number of fused-ring (bicyclic) bond motifs is 1. The van der Waals surface area contributed by atoms with Gasteiger partial charge in [-0.15, -0.1) is 0 Å². The first kappa shape index (κ1) is 11.4. The summed E-state index contributed by atoms with van der Waals surface area (Å²) in [5, 5.41) is 0. The molecule has 2 heteroatoms. The maximum Gasteiger partial charge on any atom is 0.165 e. The lowest BCUT2D eigenvalue weighted by molar-refractivity contribution is 0.0910. The predicted octanol–water partition coefficient (Wildman–Crippen LogP) is 3.44. The van der Waals surface area contributed by atoms with Crippen LogP contribution in [0.1, 0.15) is 56.1 Å². The van der Waals surface area contributed by atoms with Gasteiger partial charge in [0.1, 0.15) is 0 Å². The Morgan fingerprint density at radius 2 is 2.12 bits per heavy atom. The molecule has 0 amide bonds. The minimum atomic E-state index is 0.131. The summed E-state index contributed by atoms with van der Waals surface area (Å²) in [7, 11) is 0. The molecule has 1 aromatic heterocycles. The van der Waals surface area contributed by atoms with Gasteiger partial charge < -0.3 is 4.57 Å². The highest BCUT2D eigenvalue weighted by Crippen LogP contribution is 2.35. The van der Waals surface area contributed by atoms with E-state index in [0.717, 1.165) is 18.5 Å². The molecule has 88 valence electrons. The number of hydrogen-bond acceptors (Lipinski definition) is 1. The van der Waals surface area contributed by atoms with Crippen molar-refractivity contribution in [1.82, 2.24) is 4.57 Å². The van der Waals surface area contributed by atoms with Crippen LogP contribution in [0.3, 0.4) is 0 Å². The van der Waals surface area contributed by atoms with Crippen molar-refractivity contribution < 1.29 is 4.79 Å². The Hall–Kier alpha value is -1.05. The van der Waals surface area contributed by atoms with E-state index in [4.69, 9.17) is 0 Å². The summed E-state index contributed by atoms with van der Waals surface area (Å²) in [6, 6.07) is 2.00. The molecule has 1 aromatic rings. The van der Waals surface area contributed by atoms with Gasteiger partial charge in [-0.05, 0) is 24.3 Å². The van der Waals surface area contributed by atoms with Crippen molar-refractivity contribution in [3.63, 3.8) is 0 Å². The van der Waals surface area contributed by atoms with Crippen molar-refractivity contribution in [2.45, 2.75) is 53.0 Å². The highest BCUT2D eigenvalue weighted by atomic mass is 16.1. The molecule has 1 aliphatic rings. The Kier molecular flexibility index (Phi) is 2.92. The monoisotopic (exact) mass is 219 g/mol. The molecule has 0 spiro atoms. The Balaban J connectivity index is 2.30. The molecule has 0 bridgehead atoms. The van der Waals surface area contributed by atoms with E-state index in [1.165, 1.54) is 18.5 Å². The van der Waals surface area contributed by atoms with Crippen LogP contribution < -0.4 is 0 Å². The van der Waals surface area contributed by atoms with Crippen LogP contribution in [0.25, 0.3) is 0 Å². The second-order valence-corrected chi connectivity index (χ2v) is 5.66. The van der Waals surface area contributed by atoms with Crippen LogP contribution in [0.15, 0.2) is 12.3 Å². The van der Waals surface area contributed by atoms with Crippen molar-refractivity contribution in [1.29, 1.82) is 0 Å². The van der Waals surface area contributed by atoms with Gasteiger partial charge in [-0.3, -0.25) is 4.79 Å². The van der Waals surface area contributed by atoms with Crippen LogP contribution in [0, 0.1) is 5.41 Å². The van der Waals surface area contributed by atoms with E-state index in [2.05, 4.69) is 31.5 Å². The maximum atomic E-state index is 12.0. The van der Waals surface area contributed by atoms with Gasteiger partial charge in [0.25, 0.3) is 0 Å². The number of ketones is 1. The van der Waals surface area contributed by atoms with E-state index in [0.29, 0.717) is 12.2 Å². The normalized spacial score (nSPS) is 18.6. The number of aryl methyl sites for hydroxylation is 1. The van der Waals surface area contributed by atoms with Crippen LogP contribution >= 0.6 is 0 Å². The van der Waals surface area contributed by atoms with Crippen molar-refractivity contribution in [2.75, 3.05) is 0 Å². The zero-order chi connectivity index (χ0) is 11.8. The Labute approximate surface area is 97.7 Å².